The summed E-state index contributed by atoms with van der Waals surface area (Å²) in [6, 6.07) is 12.2. The van der Waals surface area contributed by atoms with E-state index in [1.54, 1.807) is 23.5 Å². The van der Waals surface area contributed by atoms with Gasteiger partial charge >= 0.3 is 0 Å². The summed E-state index contributed by atoms with van der Waals surface area (Å²) in [5.74, 6) is 0.761. The number of rotatable bonds is 2. The molecule has 0 saturated carbocycles. The maximum Gasteiger partial charge on any atom is 0.269 e. The monoisotopic (exact) mass is 428 g/mol. The van der Waals surface area contributed by atoms with Gasteiger partial charge in [0.2, 0.25) is 0 Å². The first kappa shape index (κ1) is 18.4. The highest BCUT2D eigenvalue weighted by atomic mass is 35.5. The summed E-state index contributed by atoms with van der Waals surface area (Å²) in [4.78, 5) is 19.1. The van der Waals surface area contributed by atoms with E-state index in [0.717, 1.165) is 45.3 Å². The number of nitro benzene ring substituents is 1. The molecule has 1 fully saturated rings. The Morgan fingerprint density at radius 2 is 2.07 bits per heavy atom. The molecule has 148 valence electrons. The molecule has 1 aromatic heterocycles. The number of fused-ring (bicyclic) bond motifs is 3. The number of benzene rings is 2. The smallest absolute Gasteiger partial charge is 0.269 e. The van der Waals surface area contributed by atoms with Crippen LogP contribution in [0.3, 0.4) is 0 Å². The van der Waals surface area contributed by atoms with Crippen LogP contribution in [-0.2, 0) is 4.74 Å². The molecule has 0 bridgehead atoms. The Hall–Kier alpha value is -2.68. The number of nitrogens with one attached hydrogen (secondary N) is 1. The standard InChI is InChI=1S/C20H17ClN4O3S/c21-13-4-5-16-15(11-13)18-19(29-16)17(12-2-1-3-14(10-12)25(26)27)22-20(23-18)24-6-8-28-9-7-24/h1-5,10-11,17H,6-9H2,(H,22,23). The van der Waals surface area contributed by atoms with E-state index in [1.807, 2.05) is 24.3 Å². The van der Waals surface area contributed by atoms with E-state index in [1.165, 1.54) is 6.07 Å². The van der Waals surface area contributed by atoms with Gasteiger partial charge in [0.15, 0.2) is 5.96 Å². The fraction of sp³-hybridized carbons (Fsp3) is 0.250. The second-order valence-corrected chi connectivity index (χ2v) is 8.43. The number of non-ortho nitro benzene ring substituents is 1. The van der Waals surface area contributed by atoms with Crippen molar-refractivity contribution in [1.82, 2.24) is 4.90 Å². The van der Waals surface area contributed by atoms with E-state index < -0.39 is 0 Å². The van der Waals surface area contributed by atoms with Gasteiger partial charge in [-0.1, -0.05) is 23.7 Å². The normalized spacial score (nSPS) is 18.9. The Bertz CT molecular complexity index is 1140. The van der Waals surface area contributed by atoms with E-state index in [4.69, 9.17) is 21.3 Å². The van der Waals surface area contributed by atoms with Crippen molar-refractivity contribution in [3.05, 3.63) is 68.0 Å². The molecule has 5 rings (SSSR count). The molecule has 9 heteroatoms. The van der Waals surface area contributed by atoms with Crippen molar-refractivity contribution in [1.29, 1.82) is 0 Å². The molecule has 0 radical (unpaired) electrons. The first-order valence-electron chi connectivity index (χ1n) is 9.24. The molecular formula is C20H17ClN4O3S. The summed E-state index contributed by atoms with van der Waals surface area (Å²) in [6.07, 6.45) is 0. The molecule has 1 saturated heterocycles. The van der Waals surface area contributed by atoms with Gasteiger partial charge in [0.1, 0.15) is 6.04 Å². The summed E-state index contributed by atoms with van der Waals surface area (Å²) < 4.78 is 6.57. The van der Waals surface area contributed by atoms with Gasteiger partial charge in [-0.05, 0) is 23.8 Å². The largest absolute Gasteiger partial charge is 0.378 e. The van der Waals surface area contributed by atoms with Gasteiger partial charge in [-0.2, -0.15) is 0 Å². The lowest BCUT2D eigenvalue weighted by atomic mass is 10.0. The minimum absolute atomic E-state index is 0.0647. The van der Waals surface area contributed by atoms with Crippen molar-refractivity contribution < 1.29 is 9.66 Å². The summed E-state index contributed by atoms with van der Waals surface area (Å²) >= 11 is 7.89. The van der Waals surface area contributed by atoms with Gasteiger partial charge in [0.05, 0.1) is 28.7 Å². The fourth-order valence-corrected chi connectivity index (χ4v) is 5.08. The summed E-state index contributed by atoms with van der Waals surface area (Å²) in [5, 5.41) is 16.5. The van der Waals surface area contributed by atoms with Gasteiger partial charge in [-0.3, -0.25) is 10.1 Å². The van der Waals surface area contributed by atoms with Crippen molar-refractivity contribution >= 4 is 50.4 Å². The van der Waals surface area contributed by atoms with Crippen molar-refractivity contribution in [3.63, 3.8) is 0 Å². The Balaban J connectivity index is 1.66. The molecule has 1 unspecified atom stereocenters. The second kappa shape index (κ2) is 7.29. The molecule has 3 aromatic rings. The third-order valence-electron chi connectivity index (χ3n) is 5.12. The number of nitrogens with zero attached hydrogens (tertiary/aromatic N) is 3. The molecule has 0 amide bonds. The average molecular weight is 429 g/mol. The SMILES string of the molecule is O=[N+]([O-])c1cccc(C2N=C(N3CCOCC3)Nc3c2sc2ccc(Cl)cc32)c1. The number of ether oxygens (including phenoxy) is 1. The van der Waals surface area contributed by atoms with Crippen LogP contribution in [0, 0.1) is 10.1 Å². The number of guanidine groups is 1. The third-order valence-corrected chi connectivity index (χ3v) is 6.58. The zero-order valence-corrected chi connectivity index (χ0v) is 16.9. The highest BCUT2D eigenvalue weighted by Crippen LogP contribution is 2.46. The Morgan fingerprint density at radius 3 is 2.86 bits per heavy atom. The summed E-state index contributed by atoms with van der Waals surface area (Å²) in [6.45, 7) is 2.77. The van der Waals surface area contributed by atoms with Gasteiger partial charge < -0.3 is 15.0 Å². The van der Waals surface area contributed by atoms with Crippen LogP contribution in [0.4, 0.5) is 11.4 Å². The highest BCUT2D eigenvalue weighted by Gasteiger charge is 2.30. The lowest BCUT2D eigenvalue weighted by Crippen LogP contribution is -2.45. The van der Waals surface area contributed by atoms with Crippen molar-refractivity contribution in [2.45, 2.75) is 6.04 Å². The van der Waals surface area contributed by atoms with Gasteiger partial charge in [0.25, 0.3) is 5.69 Å². The van der Waals surface area contributed by atoms with Crippen LogP contribution < -0.4 is 5.32 Å². The Labute approximate surface area is 175 Å². The molecule has 1 N–H and O–H groups in total. The third kappa shape index (κ3) is 3.33. The topological polar surface area (TPSA) is 80.0 Å². The van der Waals surface area contributed by atoms with Crippen molar-refractivity contribution in [3.8, 4) is 0 Å². The predicted octanol–water partition coefficient (Wildman–Crippen LogP) is 4.67. The molecule has 2 aliphatic heterocycles. The van der Waals surface area contributed by atoms with Crippen LogP contribution in [0.15, 0.2) is 47.5 Å². The van der Waals surface area contributed by atoms with Gasteiger partial charge in [0, 0.05) is 40.3 Å². The number of aliphatic imine (C=N–C) groups is 1. The van der Waals surface area contributed by atoms with Crippen LogP contribution in [0.25, 0.3) is 10.1 Å². The van der Waals surface area contributed by atoms with E-state index in [-0.39, 0.29) is 16.7 Å². The van der Waals surface area contributed by atoms with Crippen LogP contribution >= 0.6 is 22.9 Å². The lowest BCUT2D eigenvalue weighted by molar-refractivity contribution is -0.384. The molecule has 0 spiro atoms. The molecule has 2 aromatic carbocycles. The minimum Gasteiger partial charge on any atom is -0.378 e. The molecule has 29 heavy (non-hydrogen) atoms. The number of nitro groups is 1. The minimum atomic E-state index is -0.372. The molecule has 0 aliphatic carbocycles. The fourth-order valence-electron chi connectivity index (χ4n) is 3.71. The zero-order chi connectivity index (χ0) is 20.0. The number of thiophene rings is 1. The van der Waals surface area contributed by atoms with E-state index in [2.05, 4.69) is 10.2 Å². The van der Waals surface area contributed by atoms with E-state index in [0.29, 0.717) is 18.2 Å². The lowest BCUT2D eigenvalue weighted by Gasteiger charge is -2.33. The first-order chi connectivity index (χ1) is 14.1. The van der Waals surface area contributed by atoms with Crippen molar-refractivity contribution in [2.24, 2.45) is 4.99 Å². The molecule has 3 heterocycles. The first-order valence-corrected chi connectivity index (χ1v) is 10.4. The maximum absolute atomic E-state index is 11.3. The van der Waals surface area contributed by atoms with Gasteiger partial charge in [-0.25, -0.2) is 4.99 Å². The molecule has 7 nitrogen and oxygen atoms in total. The molecule has 2 aliphatic rings. The molecule has 1 atom stereocenters. The summed E-state index contributed by atoms with van der Waals surface area (Å²) in [7, 11) is 0. The number of halogens is 1. The van der Waals surface area contributed by atoms with E-state index in [9.17, 15) is 10.1 Å². The number of hydrogen-bond donors (Lipinski definition) is 1. The Morgan fingerprint density at radius 1 is 1.24 bits per heavy atom. The zero-order valence-electron chi connectivity index (χ0n) is 15.3. The predicted molar refractivity (Wildman–Crippen MR) is 115 cm³/mol. The highest BCUT2D eigenvalue weighted by molar-refractivity contribution is 7.20. The van der Waals surface area contributed by atoms with Gasteiger partial charge in [-0.15, -0.1) is 11.3 Å². The maximum atomic E-state index is 11.3. The molecular weight excluding hydrogens is 412 g/mol. The number of morpholine rings is 1. The van der Waals surface area contributed by atoms with E-state index >= 15 is 0 Å². The quantitative estimate of drug-likeness (QED) is 0.474. The second-order valence-electron chi connectivity index (χ2n) is 6.91. The van der Waals surface area contributed by atoms with Crippen LogP contribution in [-0.4, -0.2) is 42.1 Å². The average Bonchev–Trinajstić information content (AvgIpc) is 3.11. The number of hydrogen-bond acceptors (Lipinski definition) is 7. The van der Waals surface area contributed by atoms with Crippen molar-refractivity contribution in [2.75, 3.05) is 31.6 Å². The summed E-state index contributed by atoms with van der Waals surface area (Å²) in [5.41, 5.74) is 1.83. The van der Waals surface area contributed by atoms with Crippen LogP contribution in [0.2, 0.25) is 5.02 Å². The van der Waals surface area contributed by atoms with Crippen LogP contribution in [0.1, 0.15) is 16.5 Å². The Kier molecular flexibility index (Phi) is 4.61. The number of anilines is 1. The van der Waals surface area contributed by atoms with Crippen LogP contribution in [0.5, 0.6) is 0 Å².